The third kappa shape index (κ3) is 3.95. The highest BCUT2D eigenvalue weighted by molar-refractivity contribution is 8.18. The monoisotopic (exact) mass is 415 g/mol. The molecule has 1 aliphatic heterocycles. The average Bonchev–Trinajstić information content (AvgIpc) is 3.25. The number of hydrogen-bond donors (Lipinski definition) is 1. The highest BCUT2D eigenvalue weighted by atomic mass is 32.2. The second-order valence-corrected chi connectivity index (χ2v) is 7.28. The van der Waals surface area contributed by atoms with Crippen molar-refractivity contribution >= 4 is 40.9 Å². The first-order chi connectivity index (χ1) is 13.7. The summed E-state index contributed by atoms with van der Waals surface area (Å²) in [7, 11) is 1.18. The number of hydrogen-bond acceptors (Lipinski definition) is 7. The Bertz CT molecular complexity index is 1050. The van der Waals surface area contributed by atoms with Gasteiger partial charge in [0.05, 0.1) is 17.6 Å². The van der Waals surface area contributed by atoms with E-state index in [1.807, 2.05) is 6.92 Å². The van der Waals surface area contributed by atoms with Crippen LogP contribution in [0, 0.1) is 6.92 Å². The maximum absolute atomic E-state index is 12.5. The van der Waals surface area contributed by atoms with Crippen molar-refractivity contribution in [2.24, 2.45) is 0 Å². The van der Waals surface area contributed by atoms with E-state index in [1.165, 1.54) is 32.2 Å². The molecule has 1 fully saturated rings. The van der Waals surface area contributed by atoms with Crippen molar-refractivity contribution in [3.63, 3.8) is 0 Å². The fraction of sp³-hybridized carbons (Fsp3) is 0.200. The minimum Gasteiger partial charge on any atom is -0.478 e. The zero-order valence-electron chi connectivity index (χ0n) is 15.8. The number of aromatic carboxylic acids is 1. The van der Waals surface area contributed by atoms with Gasteiger partial charge in [-0.1, -0.05) is 6.07 Å². The summed E-state index contributed by atoms with van der Waals surface area (Å²) in [4.78, 5) is 48.5. The van der Waals surface area contributed by atoms with Gasteiger partial charge in [-0.25, -0.2) is 9.59 Å². The molecule has 1 N–H and O–H groups in total. The molecule has 0 bridgehead atoms. The quantitative estimate of drug-likeness (QED) is 0.582. The number of carbonyl (C=O) groups excluding carboxylic acids is 3. The van der Waals surface area contributed by atoms with E-state index in [-0.39, 0.29) is 10.5 Å². The first-order valence-electron chi connectivity index (χ1n) is 8.52. The van der Waals surface area contributed by atoms with Crippen molar-refractivity contribution in [1.29, 1.82) is 0 Å². The van der Waals surface area contributed by atoms with Crippen LogP contribution >= 0.6 is 11.8 Å². The Kier molecular flexibility index (Phi) is 5.60. The highest BCUT2D eigenvalue weighted by Crippen LogP contribution is 2.35. The number of furan rings is 1. The second kappa shape index (κ2) is 7.96. The van der Waals surface area contributed by atoms with Crippen LogP contribution in [-0.4, -0.2) is 46.2 Å². The molecule has 2 aromatic rings. The summed E-state index contributed by atoms with van der Waals surface area (Å²) in [5, 5.41) is 8.60. The number of methoxy groups -OCH3 is 1. The summed E-state index contributed by atoms with van der Waals surface area (Å²) < 4.78 is 10.3. The van der Waals surface area contributed by atoms with E-state index in [4.69, 9.17) is 4.42 Å². The maximum atomic E-state index is 12.5. The van der Waals surface area contributed by atoms with Gasteiger partial charge in [-0.3, -0.25) is 14.5 Å². The largest absolute Gasteiger partial charge is 0.478 e. The van der Waals surface area contributed by atoms with Gasteiger partial charge in [0.15, 0.2) is 0 Å². The van der Waals surface area contributed by atoms with Crippen molar-refractivity contribution in [2.45, 2.75) is 19.9 Å². The standard InChI is InChI=1S/C20H17NO7S/c1-10-4-5-12(18(23)24)8-14(10)15-7-6-13(28-15)9-16-17(22)21(20(26)29-16)11(2)19(25)27-3/h4-9,11H,1-3H3,(H,23,24). The Morgan fingerprint density at radius 2 is 1.97 bits per heavy atom. The van der Waals surface area contributed by atoms with Crippen molar-refractivity contribution in [3.8, 4) is 11.3 Å². The van der Waals surface area contributed by atoms with Crippen LogP contribution in [0.25, 0.3) is 17.4 Å². The normalized spacial score (nSPS) is 16.4. The molecule has 0 aliphatic carbocycles. The van der Waals surface area contributed by atoms with E-state index in [0.717, 1.165) is 10.5 Å². The van der Waals surface area contributed by atoms with Crippen LogP contribution in [0.2, 0.25) is 0 Å². The van der Waals surface area contributed by atoms with E-state index < -0.39 is 29.1 Å². The number of rotatable bonds is 5. The predicted molar refractivity (Wildman–Crippen MR) is 105 cm³/mol. The molecule has 2 heterocycles. The van der Waals surface area contributed by atoms with Crippen molar-refractivity contribution in [2.75, 3.05) is 7.11 Å². The van der Waals surface area contributed by atoms with Crippen LogP contribution in [-0.2, 0) is 14.3 Å². The van der Waals surface area contributed by atoms with Gasteiger partial charge in [-0.15, -0.1) is 0 Å². The van der Waals surface area contributed by atoms with Crippen LogP contribution < -0.4 is 0 Å². The molecule has 8 nitrogen and oxygen atoms in total. The Morgan fingerprint density at radius 1 is 1.24 bits per heavy atom. The van der Waals surface area contributed by atoms with E-state index in [0.29, 0.717) is 28.8 Å². The molecule has 1 aromatic heterocycles. The van der Waals surface area contributed by atoms with Crippen molar-refractivity contribution in [1.82, 2.24) is 4.90 Å². The summed E-state index contributed by atoms with van der Waals surface area (Å²) in [6.07, 6.45) is 1.41. The van der Waals surface area contributed by atoms with E-state index in [1.54, 1.807) is 18.2 Å². The lowest BCUT2D eigenvalue weighted by molar-refractivity contribution is -0.148. The minimum atomic E-state index is -1.05. The second-order valence-electron chi connectivity index (χ2n) is 6.29. The Labute approximate surface area is 170 Å². The highest BCUT2D eigenvalue weighted by Gasteiger charge is 2.41. The first kappa shape index (κ1) is 20.4. The molecule has 9 heteroatoms. The fourth-order valence-corrected chi connectivity index (χ4v) is 3.70. The number of esters is 1. The molecule has 0 spiro atoms. The zero-order valence-corrected chi connectivity index (χ0v) is 16.6. The molecule has 0 radical (unpaired) electrons. The van der Waals surface area contributed by atoms with Crippen LogP contribution in [0.1, 0.15) is 28.6 Å². The van der Waals surface area contributed by atoms with E-state index in [9.17, 15) is 24.3 Å². The number of imide groups is 1. The lowest BCUT2D eigenvalue weighted by atomic mass is 10.0. The Morgan fingerprint density at radius 3 is 2.62 bits per heavy atom. The summed E-state index contributed by atoms with van der Waals surface area (Å²) in [5.74, 6) is -1.61. The summed E-state index contributed by atoms with van der Waals surface area (Å²) in [6, 6.07) is 6.92. The molecular formula is C20H17NO7S. The van der Waals surface area contributed by atoms with E-state index >= 15 is 0 Å². The van der Waals surface area contributed by atoms with Gasteiger partial charge in [-0.05, 0) is 55.4 Å². The molecular weight excluding hydrogens is 398 g/mol. The Balaban J connectivity index is 1.89. The van der Waals surface area contributed by atoms with Crippen LogP contribution in [0.5, 0.6) is 0 Å². The third-order valence-corrected chi connectivity index (χ3v) is 5.29. The van der Waals surface area contributed by atoms with E-state index in [2.05, 4.69) is 4.74 Å². The molecule has 1 aliphatic rings. The molecule has 1 unspecified atom stereocenters. The zero-order chi connectivity index (χ0) is 21.3. The summed E-state index contributed by atoms with van der Waals surface area (Å²) >= 11 is 0.700. The number of carboxylic acid groups (broad SMARTS) is 1. The smallest absolute Gasteiger partial charge is 0.335 e. The van der Waals surface area contributed by atoms with Gasteiger partial charge in [0.2, 0.25) is 0 Å². The minimum absolute atomic E-state index is 0.114. The van der Waals surface area contributed by atoms with Gasteiger partial charge >= 0.3 is 11.9 Å². The predicted octanol–water partition coefficient (Wildman–Crippen LogP) is 3.55. The number of carboxylic acids is 1. The average molecular weight is 415 g/mol. The van der Waals surface area contributed by atoms with Crippen LogP contribution in [0.3, 0.4) is 0 Å². The molecule has 1 atom stereocenters. The molecule has 0 saturated carbocycles. The lowest BCUT2D eigenvalue weighted by Crippen LogP contribution is -2.42. The first-order valence-corrected chi connectivity index (χ1v) is 9.33. The van der Waals surface area contributed by atoms with Gasteiger partial charge in [0, 0.05) is 11.6 Å². The topological polar surface area (TPSA) is 114 Å². The number of benzene rings is 1. The van der Waals surface area contributed by atoms with Gasteiger partial charge < -0.3 is 14.3 Å². The van der Waals surface area contributed by atoms with Crippen LogP contribution in [0.4, 0.5) is 4.79 Å². The molecule has 3 rings (SSSR count). The SMILES string of the molecule is COC(=O)C(C)N1C(=O)SC(=Cc2ccc(-c3cc(C(=O)O)ccc3C)o2)C1=O. The number of carbonyl (C=O) groups is 4. The summed E-state index contributed by atoms with van der Waals surface area (Å²) in [6.45, 7) is 3.23. The molecule has 29 heavy (non-hydrogen) atoms. The number of aryl methyl sites for hydroxylation is 1. The van der Waals surface area contributed by atoms with Crippen molar-refractivity contribution < 1.29 is 33.4 Å². The third-order valence-electron chi connectivity index (χ3n) is 4.40. The van der Waals surface area contributed by atoms with Crippen molar-refractivity contribution in [3.05, 3.63) is 52.1 Å². The van der Waals surface area contributed by atoms with Gasteiger partial charge in [-0.2, -0.15) is 0 Å². The molecule has 1 aromatic carbocycles. The lowest BCUT2D eigenvalue weighted by Gasteiger charge is -2.18. The maximum Gasteiger partial charge on any atom is 0.335 e. The molecule has 2 amide bonds. The number of thioether (sulfide) groups is 1. The van der Waals surface area contributed by atoms with Crippen LogP contribution in [0.15, 0.2) is 39.7 Å². The summed E-state index contributed by atoms with van der Waals surface area (Å²) in [5.41, 5.74) is 1.56. The number of amides is 2. The molecule has 150 valence electrons. The van der Waals surface area contributed by atoms with Gasteiger partial charge in [0.25, 0.3) is 11.1 Å². The fourth-order valence-electron chi connectivity index (χ4n) is 2.81. The van der Waals surface area contributed by atoms with Gasteiger partial charge in [0.1, 0.15) is 17.6 Å². The Hall–Kier alpha value is -3.33. The number of nitrogens with zero attached hydrogens (tertiary/aromatic N) is 1. The number of ether oxygens (including phenoxy) is 1. The molecule has 1 saturated heterocycles.